The van der Waals surface area contributed by atoms with Crippen LogP contribution in [0.5, 0.6) is 0 Å². The van der Waals surface area contributed by atoms with Gasteiger partial charge >= 0.3 is 6.03 Å². The number of para-hydroxylation sites is 2. The Hall–Kier alpha value is -2.55. The summed E-state index contributed by atoms with van der Waals surface area (Å²) in [7, 11) is 0. The maximum atomic E-state index is 12.5. The molecule has 9 heteroatoms. The Kier molecular flexibility index (Phi) is 5.73. The lowest BCUT2D eigenvalue weighted by atomic mass is 9.95. The minimum atomic E-state index is -0.980. The van der Waals surface area contributed by atoms with Crippen molar-refractivity contribution in [2.75, 3.05) is 5.75 Å². The van der Waals surface area contributed by atoms with E-state index >= 15 is 0 Å². The third-order valence-electron chi connectivity index (χ3n) is 6.04. The second-order valence-electron chi connectivity index (χ2n) is 8.12. The van der Waals surface area contributed by atoms with Crippen LogP contribution in [0.15, 0.2) is 29.4 Å². The molecule has 0 spiro atoms. The van der Waals surface area contributed by atoms with E-state index in [1.165, 1.54) is 31.0 Å². The number of benzene rings is 1. The standard InChI is InChI=1S/C21H27N5O3S/c1-3-21(2)18(28)26(19(29)23-21)24-17(27)13-30-20-22-15-11-7-8-12-16(15)25(20)14-9-5-4-6-10-14/h7-8,11-12,14H,3-6,9-10,13H2,1-2H3,(H,23,29)(H,24,27)/t21-/m1/s1. The number of nitrogens with zero attached hydrogens (tertiary/aromatic N) is 3. The molecule has 0 radical (unpaired) electrons. The van der Waals surface area contributed by atoms with Gasteiger partial charge in [-0.15, -0.1) is 0 Å². The summed E-state index contributed by atoms with van der Waals surface area (Å²) in [4.78, 5) is 41.8. The van der Waals surface area contributed by atoms with Crippen molar-refractivity contribution >= 4 is 40.6 Å². The average molecular weight is 430 g/mol. The van der Waals surface area contributed by atoms with Crippen LogP contribution in [-0.2, 0) is 9.59 Å². The number of carbonyl (C=O) groups is 3. The number of hydrazine groups is 1. The molecule has 1 saturated heterocycles. The minimum absolute atomic E-state index is 0.0654. The van der Waals surface area contributed by atoms with Crippen LogP contribution in [0.25, 0.3) is 11.0 Å². The van der Waals surface area contributed by atoms with E-state index < -0.39 is 23.4 Å². The normalized spacial score (nSPS) is 22.5. The second-order valence-corrected chi connectivity index (χ2v) is 9.07. The molecule has 2 N–H and O–H groups in total. The summed E-state index contributed by atoms with van der Waals surface area (Å²) in [5.41, 5.74) is 3.47. The van der Waals surface area contributed by atoms with Gasteiger partial charge in [-0.05, 0) is 38.3 Å². The first kappa shape index (κ1) is 20.7. The average Bonchev–Trinajstić information content (AvgIpc) is 3.23. The fourth-order valence-corrected chi connectivity index (χ4v) is 5.00. The zero-order chi connectivity index (χ0) is 21.3. The van der Waals surface area contributed by atoms with Crippen LogP contribution < -0.4 is 10.7 Å². The van der Waals surface area contributed by atoms with Crippen molar-refractivity contribution in [2.45, 2.75) is 69.1 Å². The van der Waals surface area contributed by atoms with E-state index in [0.717, 1.165) is 34.0 Å². The van der Waals surface area contributed by atoms with Gasteiger partial charge in [0.2, 0.25) is 5.91 Å². The van der Waals surface area contributed by atoms with Gasteiger partial charge in [0.15, 0.2) is 5.16 Å². The number of carbonyl (C=O) groups excluding carboxylic acids is 3. The Labute approximate surface area is 179 Å². The molecule has 160 valence electrons. The first-order chi connectivity index (χ1) is 14.4. The lowest BCUT2D eigenvalue weighted by Crippen LogP contribution is -2.49. The van der Waals surface area contributed by atoms with E-state index in [-0.39, 0.29) is 5.75 Å². The Morgan fingerprint density at radius 3 is 2.70 bits per heavy atom. The molecule has 2 aromatic rings. The van der Waals surface area contributed by atoms with E-state index in [2.05, 4.69) is 21.4 Å². The predicted molar refractivity (Wildman–Crippen MR) is 115 cm³/mol. The van der Waals surface area contributed by atoms with Gasteiger partial charge in [-0.2, -0.15) is 5.01 Å². The maximum Gasteiger partial charge on any atom is 0.344 e. The van der Waals surface area contributed by atoms with E-state index in [9.17, 15) is 14.4 Å². The summed E-state index contributed by atoms with van der Waals surface area (Å²) in [5, 5.41) is 4.22. The van der Waals surface area contributed by atoms with E-state index in [0.29, 0.717) is 12.5 Å². The predicted octanol–water partition coefficient (Wildman–Crippen LogP) is 3.39. The molecular weight excluding hydrogens is 402 g/mol. The molecule has 1 saturated carbocycles. The lowest BCUT2D eigenvalue weighted by Gasteiger charge is -2.25. The highest BCUT2D eigenvalue weighted by molar-refractivity contribution is 7.99. The summed E-state index contributed by atoms with van der Waals surface area (Å²) in [5.74, 6) is -0.787. The summed E-state index contributed by atoms with van der Waals surface area (Å²) in [6.07, 6.45) is 6.32. The molecule has 30 heavy (non-hydrogen) atoms. The largest absolute Gasteiger partial charge is 0.344 e. The summed E-state index contributed by atoms with van der Waals surface area (Å²) in [6, 6.07) is 7.80. The van der Waals surface area contributed by atoms with Crippen LogP contribution in [0.1, 0.15) is 58.4 Å². The molecule has 2 fully saturated rings. The molecule has 0 bridgehead atoms. The number of fused-ring (bicyclic) bond motifs is 1. The zero-order valence-corrected chi connectivity index (χ0v) is 18.1. The van der Waals surface area contributed by atoms with Gasteiger partial charge in [0.25, 0.3) is 5.91 Å². The first-order valence-electron chi connectivity index (χ1n) is 10.5. The number of urea groups is 1. The number of thioether (sulfide) groups is 1. The molecule has 1 atom stereocenters. The van der Waals surface area contributed by atoms with E-state index in [1.54, 1.807) is 6.92 Å². The molecule has 8 nitrogen and oxygen atoms in total. The Morgan fingerprint density at radius 2 is 2.00 bits per heavy atom. The molecule has 1 aromatic heterocycles. The first-order valence-corrected chi connectivity index (χ1v) is 11.5. The highest BCUT2D eigenvalue weighted by Crippen LogP contribution is 2.35. The highest BCUT2D eigenvalue weighted by atomic mass is 32.2. The molecule has 1 aliphatic carbocycles. The van der Waals surface area contributed by atoms with Crippen LogP contribution in [0, 0.1) is 0 Å². The maximum absolute atomic E-state index is 12.5. The van der Waals surface area contributed by atoms with Gasteiger partial charge in [-0.25, -0.2) is 9.78 Å². The fourth-order valence-electron chi connectivity index (χ4n) is 4.13. The molecule has 0 unspecified atom stereocenters. The number of hydrogen-bond donors (Lipinski definition) is 2. The quantitative estimate of drug-likeness (QED) is 0.542. The summed E-state index contributed by atoms with van der Waals surface area (Å²) < 4.78 is 2.26. The number of hydrogen-bond acceptors (Lipinski definition) is 5. The lowest BCUT2D eigenvalue weighted by molar-refractivity contribution is -0.137. The van der Waals surface area contributed by atoms with Crippen molar-refractivity contribution < 1.29 is 14.4 Å². The van der Waals surface area contributed by atoms with Crippen LogP contribution in [-0.4, -0.2) is 43.7 Å². The summed E-state index contributed by atoms with van der Waals surface area (Å²) in [6.45, 7) is 3.47. The van der Waals surface area contributed by atoms with Gasteiger partial charge < -0.3 is 9.88 Å². The number of imidazole rings is 1. The van der Waals surface area contributed by atoms with Gasteiger partial charge in [0, 0.05) is 6.04 Å². The number of amides is 4. The Balaban J connectivity index is 1.48. The van der Waals surface area contributed by atoms with Crippen LogP contribution in [0.3, 0.4) is 0 Å². The molecular formula is C21H27N5O3S. The topological polar surface area (TPSA) is 96.3 Å². The Bertz CT molecular complexity index is 984. The monoisotopic (exact) mass is 429 g/mol. The van der Waals surface area contributed by atoms with Crippen LogP contribution in [0.4, 0.5) is 4.79 Å². The minimum Gasteiger partial charge on any atom is -0.322 e. The second kappa shape index (κ2) is 8.29. The molecule has 1 aromatic carbocycles. The third kappa shape index (κ3) is 3.78. The number of rotatable bonds is 6. The Morgan fingerprint density at radius 1 is 1.27 bits per heavy atom. The highest BCUT2D eigenvalue weighted by Gasteiger charge is 2.47. The van der Waals surface area contributed by atoms with E-state index in [1.807, 2.05) is 25.1 Å². The van der Waals surface area contributed by atoms with Crippen molar-refractivity contribution in [3.05, 3.63) is 24.3 Å². The van der Waals surface area contributed by atoms with Crippen LogP contribution in [0.2, 0.25) is 0 Å². The van der Waals surface area contributed by atoms with Gasteiger partial charge in [-0.1, -0.05) is 50.1 Å². The van der Waals surface area contributed by atoms with E-state index in [4.69, 9.17) is 4.98 Å². The van der Waals surface area contributed by atoms with Gasteiger partial charge in [-0.3, -0.25) is 15.0 Å². The van der Waals surface area contributed by atoms with Crippen molar-refractivity contribution in [1.29, 1.82) is 0 Å². The SMILES string of the molecule is CC[C@@]1(C)NC(=O)N(NC(=O)CSc2nc3ccccc3n2C2CCCCC2)C1=O. The van der Waals surface area contributed by atoms with Gasteiger partial charge in [0.05, 0.1) is 16.8 Å². The van der Waals surface area contributed by atoms with Crippen molar-refractivity contribution in [1.82, 2.24) is 25.3 Å². The summed E-state index contributed by atoms with van der Waals surface area (Å²) >= 11 is 1.34. The zero-order valence-electron chi connectivity index (χ0n) is 17.3. The van der Waals surface area contributed by atoms with Crippen molar-refractivity contribution in [3.63, 3.8) is 0 Å². The van der Waals surface area contributed by atoms with Crippen LogP contribution >= 0.6 is 11.8 Å². The number of imide groups is 1. The molecule has 4 rings (SSSR count). The molecule has 1 aliphatic heterocycles. The van der Waals surface area contributed by atoms with Crippen molar-refractivity contribution in [3.8, 4) is 0 Å². The molecule has 4 amide bonds. The number of nitrogens with one attached hydrogen (secondary N) is 2. The van der Waals surface area contributed by atoms with Crippen molar-refractivity contribution in [2.24, 2.45) is 0 Å². The third-order valence-corrected chi connectivity index (χ3v) is 6.99. The fraction of sp³-hybridized carbons (Fsp3) is 0.524. The molecule has 2 aliphatic rings. The van der Waals surface area contributed by atoms with Gasteiger partial charge in [0.1, 0.15) is 5.54 Å². The molecule has 2 heterocycles. The number of aromatic nitrogens is 2. The smallest absolute Gasteiger partial charge is 0.322 e.